The van der Waals surface area contributed by atoms with Gasteiger partial charge in [-0.3, -0.25) is 0 Å². The zero-order chi connectivity index (χ0) is 13.0. The van der Waals surface area contributed by atoms with Crippen LogP contribution in [0.15, 0.2) is 42.6 Å². The molecule has 0 atom stereocenters. The highest BCUT2D eigenvalue weighted by molar-refractivity contribution is 5.42. The lowest BCUT2D eigenvalue weighted by molar-refractivity contribution is 0.886. The highest BCUT2D eigenvalue weighted by Gasteiger charge is 2.05. The van der Waals surface area contributed by atoms with E-state index in [1.54, 1.807) is 0 Å². The smallest absolute Gasteiger partial charge is 0.128 e. The van der Waals surface area contributed by atoms with E-state index in [1.807, 2.05) is 18.3 Å². The van der Waals surface area contributed by atoms with Crippen molar-refractivity contribution in [1.82, 2.24) is 4.98 Å². The Kier molecular flexibility index (Phi) is 3.95. The molecule has 3 heteroatoms. The van der Waals surface area contributed by atoms with Crippen molar-refractivity contribution in [2.24, 2.45) is 5.73 Å². The van der Waals surface area contributed by atoms with Crippen LogP contribution in [0.1, 0.15) is 16.7 Å². The largest absolute Gasteiger partial charge is 0.355 e. The van der Waals surface area contributed by atoms with E-state index in [9.17, 15) is 0 Å². The minimum atomic E-state index is 0.549. The number of benzene rings is 1. The number of hydrogen-bond acceptors (Lipinski definition) is 3. The summed E-state index contributed by atoms with van der Waals surface area (Å²) in [6, 6.07) is 12.4. The van der Waals surface area contributed by atoms with Crippen molar-refractivity contribution in [2.75, 3.05) is 11.9 Å². The molecule has 0 fully saturated rings. The van der Waals surface area contributed by atoms with Crippen molar-refractivity contribution in [3.8, 4) is 0 Å². The van der Waals surface area contributed by atoms with Gasteiger partial charge in [0, 0.05) is 26.3 Å². The number of nitrogens with zero attached hydrogens (tertiary/aromatic N) is 2. The summed E-state index contributed by atoms with van der Waals surface area (Å²) in [4.78, 5) is 6.52. The van der Waals surface area contributed by atoms with E-state index >= 15 is 0 Å². The molecule has 0 radical (unpaired) electrons. The van der Waals surface area contributed by atoms with Gasteiger partial charge in [-0.15, -0.1) is 0 Å². The zero-order valence-corrected chi connectivity index (χ0v) is 10.9. The van der Waals surface area contributed by atoms with Crippen molar-refractivity contribution in [2.45, 2.75) is 20.0 Å². The van der Waals surface area contributed by atoms with Gasteiger partial charge in [-0.2, -0.15) is 0 Å². The van der Waals surface area contributed by atoms with Crippen LogP contribution in [-0.2, 0) is 13.1 Å². The summed E-state index contributed by atoms with van der Waals surface area (Å²) < 4.78 is 0. The molecule has 94 valence electrons. The maximum absolute atomic E-state index is 5.65. The third kappa shape index (κ3) is 2.87. The van der Waals surface area contributed by atoms with Gasteiger partial charge in [-0.25, -0.2) is 4.98 Å². The molecule has 0 bridgehead atoms. The molecule has 0 spiro atoms. The van der Waals surface area contributed by atoms with E-state index in [2.05, 4.69) is 48.1 Å². The fraction of sp³-hybridized carbons (Fsp3) is 0.267. The zero-order valence-electron chi connectivity index (χ0n) is 10.9. The van der Waals surface area contributed by atoms with Crippen LogP contribution in [0.2, 0.25) is 0 Å². The van der Waals surface area contributed by atoms with E-state index in [1.165, 1.54) is 11.1 Å². The first kappa shape index (κ1) is 12.6. The predicted molar refractivity (Wildman–Crippen MR) is 75.4 cm³/mol. The summed E-state index contributed by atoms with van der Waals surface area (Å²) in [6.07, 6.45) is 1.81. The molecular formula is C15H19N3. The highest BCUT2D eigenvalue weighted by Crippen LogP contribution is 2.16. The highest BCUT2D eigenvalue weighted by atomic mass is 15.2. The number of pyridine rings is 1. The summed E-state index contributed by atoms with van der Waals surface area (Å²) in [5.41, 5.74) is 9.38. The Hall–Kier alpha value is -1.87. The average Bonchev–Trinajstić information content (AvgIpc) is 2.41. The van der Waals surface area contributed by atoms with Crippen LogP contribution in [0.25, 0.3) is 0 Å². The minimum absolute atomic E-state index is 0.549. The maximum atomic E-state index is 5.65. The van der Waals surface area contributed by atoms with Crippen LogP contribution in [0.5, 0.6) is 0 Å². The van der Waals surface area contributed by atoms with Gasteiger partial charge in [0.1, 0.15) is 5.82 Å². The normalized spacial score (nSPS) is 10.4. The number of aromatic nitrogens is 1. The Morgan fingerprint density at radius 3 is 2.72 bits per heavy atom. The lowest BCUT2D eigenvalue weighted by atomic mass is 10.1. The molecule has 0 saturated carbocycles. The van der Waals surface area contributed by atoms with E-state index in [4.69, 9.17) is 5.73 Å². The quantitative estimate of drug-likeness (QED) is 0.894. The van der Waals surface area contributed by atoms with Gasteiger partial charge in [-0.05, 0) is 35.7 Å². The first-order chi connectivity index (χ1) is 8.70. The van der Waals surface area contributed by atoms with Gasteiger partial charge in [0.15, 0.2) is 0 Å². The molecule has 1 aromatic heterocycles. The van der Waals surface area contributed by atoms with E-state index in [0.717, 1.165) is 17.9 Å². The molecular weight excluding hydrogens is 222 g/mol. The van der Waals surface area contributed by atoms with Crippen molar-refractivity contribution >= 4 is 5.82 Å². The second-order valence-corrected chi connectivity index (χ2v) is 4.51. The van der Waals surface area contributed by atoms with Gasteiger partial charge in [0.25, 0.3) is 0 Å². The number of nitrogens with two attached hydrogens (primary N) is 1. The molecule has 3 nitrogen and oxygen atoms in total. The Balaban J connectivity index is 2.16. The van der Waals surface area contributed by atoms with Gasteiger partial charge in [0.05, 0.1) is 0 Å². The summed E-state index contributed by atoms with van der Waals surface area (Å²) in [5, 5.41) is 0. The molecule has 2 aromatic rings. The Morgan fingerprint density at radius 1 is 1.22 bits per heavy atom. The molecule has 0 aliphatic rings. The van der Waals surface area contributed by atoms with E-state index in [-0.39, 0.29) is 0 Å². The average molecular weight is 241 g/mol. The molecule has 18 heavy (non-hydrogen) atoms. The monoisotopic (exact) mass is 241 g/mol. The first-order valence-electron chi connectivity index (χ1n) is 6.11. The van der Waals surface area contributed by atoms with Gasteiger partial charge in [-0.1, -0.05) is 24.3 Å². The summed E-state index contributed by atoms with van der Waals surface area (Å²) in [5.74, 6) is 0.959. The molecule has 0 aliphatic heterocycles. The first-order valence-corrected chi connectivity index (χ1v) is 6.11. The van der Waals surface area contributed by atoms with Crippen LogP contribution >= 0.6 is 0 Å². The van der Waals surface area contributed by atoms with Crippen molar-refractivity contribution < 1.29 is 0 Å². The van der Waals surface area contributed by atoms with Crippen LogP contribution in [-0.4, -0.2) is 12.0 Å². The lowest BCUT2D eigenvalue weighted by Gasteiger charge is -2.19. The molecule has 0 unspecified atom stereocenters. The molecule has 2 rings (SSSR count). The SMILES string of the molecule is Cc1ccccc1CN(C)c1cc(CN)ccn1. The number of hydrogen-bond donors (Lipinski definition) is 1. The fourth-order valence-electron chi connectivity index (χ4n) is 1.92. The standard InChI is InChI=1S/C15H19N3/c1-12-5-3-4-6-14(12)11-18(2)15-9-13(10-16)7-8-17-15/h3-9H,10-11,16H2,1-2H3. The number of aryl methyl sites for hydroxylation is 1. The molecule has 0 saturated heterocycles. The molecule has 0 aliphatic carbocycles. The summed E-state index contributed by atoms with van der Waals surface area (Å²) in [7, 11) is 2.05. The minimum Gasteiger partial charge on any atom is -0.355 e. The maximum Gasteiger partial charge on any atom is 0.128 e. The molecule has 2 N–H and O–H groups in total. The van der Waals surface area contributed by atoms with Crippen molar-refractivity contribution in [1.29, 1.82) is 0 Å². The van der Waals surface area contributed by atoms with Crippen LogP contribution in [0.3, 0.4) is 0 Å². The second kappa shape index (κ2) is 5.65. The summed E-state index contributed by atoms with van der Waals surface area (Å²) >= 11 is 0. The summed E-state index contributed by atoms with van der Waals surface area (Å²) in [6.45, 7) is 3.54. The predicted octanol–water partition coefficient (Wildman–Crippen LogP) is 2.49. The fourth-order valence-corrected chi connectivity index (χ4v) is 1.92. The van der Waals surface area contributed by atoms with Crippen molar-refractivity contribution in [3.05, 3.63) is 59.3 Å². The van der Waals surface area contributed by atoms with E-state index in [0.29, 0.717) is 6.54 Å². The van der Waals surface area contributed by atoms with E-state index < -0.39 is 0 Å². The van der Waals surface area contributed by atoms with Gasteiger partial charge in [0.2, 0.25) is 0 Å². The van der Waals surface area contributed by atoms with Crippen LogP contribution in [0.4, 0.5) is 5.82 Å². The lowest BCUT2D eigenvalue weighted by Crippen LogP contribution is -2.18. The number of rotatable bonds is 4. The topological polar surface area (TPSA) is 42.1 Å². The van der Waals surface area contributed by atoms with Crippen molar-refractivity contribution in [3.63, 3.8) is 0 Å². The van der Waals surface area contributed by atoms with Crippen LogP contribution in [0, 0.1) is 6.92 Å². The molecule has 1 heterocycles. The second-order valence-electron chi connectivity index (χ2n) is 4.51. The Labute approximate surface area is 108 Å². The third-order valence-corrected chi connectivity index (χ3v) is 3.11. The third-order valence-electron chi connectivity index (χ3n) is 3.11. The van der Waals surface area contributed by atoms with Gasteiger partial charge < -0.3 is 10.6 Å². The molecule has 0 amide bonds. The van der Waals surface area contributed by atoms with Gasteiger partial charge >= 0.3 is 0 Å². The van der Waals surface area contributed by atoms with Crippen LogP contribution < -0.4 is 10.6 Å². The Morgan fingerprint density at radius 2 is 2.00 bits per heavy atom. The Bertz CT molecular complexity index is 523. The molecule has 1 aromatic carbocycles. The number of anilines is 1.